The first-order chi connectivity index (χ1) is 9.16. The molecule has 1 saturated heterocycles. The molecule has 104 valence electrons. The van der Waals surface area contributed by atoms with E-state index in [0.29, 0.717) is 11.0 Å². The first kappa shape index (κ1) is 14.4. The third-order valence-corrected chi connectivity index (χ3v) is 4.01. The molecule has 1 aromatic rings. The molecule has 19 heavy (non-hydrogen) atoms. The Morgan fingerprint density at radius 3 is 2.79 bits per heavy atom. The van der Waals surface area contributed by atoms with Crippen LogP contribution in [0.5, 0.6) is 0 Å². The summed E-state index contributed by atoms with van der Waals surface area (Å²) in [4.78, 5) is 12.9. The van der Waals surface area contributed by atoms with Crippen LogP contribution in [0.15, 0.2) is 22.7 Å². The maximum Gasteiger partial charge on any atom is 0.283 e. The normalized spacial score (nSPS) is 15.8. The molecule has 1 fully saturated rings. The van der Waals surface area contributed by atoms with E-state index < -0.39 is 0 Å². The third kappa shape index (κ3) is 4.26. The van der Waals surface area contributed by atoms with Gasteiger partial charge in [-0.2, -0.15) is 0 Å². The Bertz CT molecular complexity index is 448. The maximum atomic E-state index is 10.8. The molecule has 1 aromatic carbocycles. The van der Waals surface area contributed by atoms with Crippen LogP contribution in [0.25, 0.3) is 0 Å². The van der Waals surface area contributed by atoms with Gasteiger partial charge >= 0.3 is 0 Å². The van der Waals surface area contributed by atoms with Gasteiger partial charge in [0.1, 0.15) is 0 Å². The van der Waals surface area contributed by atoms with Gasteiger partial charge in [0.25, 0.3) is 5.69 Å². The van der Waals surface area contributed by atoms with Gasteiger partial charge in [0.15, 0.2) is 0 Å². The Labute approximate surface area is 121 Å². The van der Waals surface area contributed by atoms with Crippen molar-refractivity contribution in [1.82, 2.24) is 10.2 Å². The monoisotopic (exact) mass is 327 g/mol. The molecule has 0 radical (unpaired) electrons. The smallest absolute Gasteiger partial charge is 0.283 e. The number of rotatable bonds is 6. The standard InChI is InChI=1S/C13H18BrN3O2/c14-12-4-3-11(9-13(12)17(18)19)10-15-5-8-16-6-1-2-7-16/h3-4,9,15H,1-2,5-8,10H2. The summed E-state index contributed by atoms with van der Waals surface area (Å²) >= 11 is 3.19. The van der Waals surface area contributed by atoms with Crippen molar-refractivity contribution >= 4 is 21.6 Å². The van der Waals surface area contributed by atoms with Gasteiger partial charge in [0, 0.05) is 25.7 Å². The largest absolute Gasteiger partial charge is 0.311 e. The Hall–Kier alpha value is -0.980. The van der Waals surface area contributed by atoms with E-state index in [4.69, 9.17) is 0 Å². The number of nitro groups is 1. The second kappa shape index (κ2) is 6.98. The number of hydrogen-bond acceptors (Lipinski definition) is 4. The summed E-state index contributed by atoms with van der Waals surface area (Å²) in [5.41, 5.74) is 1.06. The number of likely N-dealkylation sites (tertiary alicyclic amines) is 1. The van der Waals surface area contributed by atoms with Crippen LogP contribution >= 0.6 is 15.9 Å². The second-order valence-electron chi connectivity index (χ2n) is 4.77. The van der Waals surface area contributed by atoms with Crippen molar-refractivity contribution in [1.29, 1.82) is 0 Å². The van der Waals surface area contributed by atoms with Crippen molar-refractivity contribution in [2.24, 2.45) is 0 Å². The molecule has 6 heteroatoms. The molecule has 0 aliphatic carbocycles. The molecule has 0 amide bonds. The van der Waals surface area contributed by atoms with Crippen molar-refractivity contribution in [3.8, 4) is 0 Å². The zero-order chi connectivity index (χ0) is 13.7. The predicted molar refractivity (Wildman–Crippen MR) is 78.2 cm³/mol. The highest BCUT2D eigenvalue weighted by molar-refractivity contribution is 9.10. The van der Waals surface area contributed by atoms with Gasteiger partial charge in [-0.05, 0) is 53.5 Å². The van der Waals surface area contributed by atoms with Crippen LogP contribution in [0.3, 0.4) is 0 Å². The molecule has 0 spiro atoms. The highest BCUT2D eigenvalue weighted by atomic mass is 79.9. The fraction of sp³-hybridized carbons (Fsp3) is 0.538. The van der Waals surface area contributed by atoms with Gasteiger partial charge < -0.3 is 10.2 Å². The number of nitrogens with zero attached hydrogens (tertiary/aromatic N) is 2. The molecule has 1 heterocycles. The summed E-state index contributed by atoms with van der Waals surface area (Å²) < 4.78 is 0.526. The first-order valence-corrected chi connectivity index (χ1v) is 7.32. The van der Waals surface area contributed by atoms with E-state index in [-0.39, 0.29) is 10.6 Å². The fourth-order valence-electron chi connectivity index (χ4n) is 2.28. The molecule has 0 bridgehead atoms. The second-order valence-corrected chi connectivity index (χ2v) is 5.62. The number of nitro benzene ring substituents is 1. The minimum absolute atomic E-state index is 0.124. The van der Waals surface area contributed by atoms with Gasteiger partial charge in [-0.15, -0.1) is 0 Å². The lowest BCUT2D eigenvalue weighted by molar-refractivity contribution is -0.385. The number of hydrogen-bond donors (Lipinski definition) is 1. The molecule has 1 aliphatic rings. The van der Waals surface area contributed by atoms with E-state index in [1.165, 1.54) is 25.9 Å². The van der Waals surface area contributed by atoms with Crippen LogP contribution < -0.4 is 5.32 Å². The van der Waals surface area contributed by atoms with Gasteiger partial charge in [0.2, 0.25) is 0 Å². The van der Waals surface area contributed by atoms with Gasteiger partial charge in [-0.25, -0.2) is 0 Å². The molecule has 0 saturated carbocycles. The molecular formula is C13H18BrN3O2. The van der Waals surface area contributed by atoms with E-state index >= 15 is 0 Å². The molecule has 0 unspecified atom stereocenters. The topological polar surface area (TPSA) is 58.4 Å². The molecule has 2 rings (SSSR count). The van der Waals surface area contributed by atoms with Crippen LogP contribution in [0.2, 0.25) is 0 Å². The average molecular weight is 328 g/mol. The number of halogens is 1. The van der Waals surface area contributed by atoms with Gasteiger partial charge in [0.05, 0.1) is 9.40 Å². The highest BCUT2D eigenvalue weighted by Gasteiger charge is 2.12. The molecule has 0 aromatic heterocycles. The number of nitrogens with one attached hydrogen (secondary N) is 1. The summed E-state index contributed by atoms with van der Waals surface area (Å²) in [5.74, 6) is 0. The van der Waals surface area contributed by atoms with E-state index in [9.17, 15) is 10.1 Å². The van der Waals surface area contributed by atoms with E-state index in [2.05, 4.69) is 26.1 Å². The van der Waals surface area contributed by atoms with Crippen molar-refractivity contribution in [3.05, 3.63) is 38.3 Å². The van der Waals surface area contributed by atoms with Crippen molar-refractivity contribution < 1.29 is 4.92 Å². The van der Waals surface area contributed by atoms with Gasteiger partial charge in [-0.1, -0.05) is 6.07 Å². The third-order valence-electron chi connectivity index (χ3n) is 3.34. The lowest BCUT2D eigenvalue weighted by Crippen LogP contribution is -2.29. The lowest BCUT2D eigenvalue weighted by atomic mass is 10.2. The summed E-state index contributed by atoms with van der Waals surface area (Å²) in [6.07, 6.45) is 2.61. The van der Waals surface area contributed by atoms with Gasteiger partial charge in [-0.3, -0.25) is 10.1 Å². The average Bonchev–Trinajstić information content (AvgIpc) is 2.89. The quantitative estimate of drug-likeness (QED) is 0.495. The van der Waals surface area contributed by atoms with E-state index in [1.807, 2.05) is 6.07 Å². The van der Waals surface area contributed by atoms with Crippen LogP contribution in [0.4, 0.5) is 5.69 Å². The van der Waals surface area contributed by atoms with E-state index in [1.54, 1.807) is 12.1 Å². The lowest BCUT2D eigenvalue weighted by Gasteiger charge is -2.14. The molecular weight excluding hydrogens is 310 g/mol. The van der Waals surface area contributed by atoms with Crippen molar-refractivity contribution in [3.63, 3.8) is 0 Å². The predicted octanol–water partition coefficient (Wildman–Crippen LogP) is 2.54. The molecule has 0 atom stereocenters. The van der Waals surface area contributed by atoms with Crippen molar-refractivity contribution in [2.75, 3.05) is 26.2 Å². The van der Waals surface area contributed by atoms with Crippen LogP contribution in [-0.4, -0.2) is 36.0 Å². The van der Waals surface area contributed by atoms with Crippen LogP contribution in [0.1, 0.15) is 18.4 Å². The number of benzene rings is 1. The minimum Gasteiger partial charge on any atom is -0.311 e. The highest BCUT2D eigenvalue weighted by Crippen LogP contribution is 2.25. The Morgan fingerprint density at radius 2 is 2.11 bits per heavy atom. The maximum absolute atomic E-state index is 10.8. The minimum atomic E-state index is -0.363. The Morgan fingerprint density at radius 1 is 1.37 bits per heavy atom. The Balaban J connectivity index is 1.79. The first-order valence-electron chi connectivity index (χ1n) is 6.53. The van der Waals surface area contributed by atoms with Crippen LogP contribution in [0, 0.1) is 10.1 Å². The molecule has 1 N–H and O–H groups in total. The summed E-state index contributed by atoms with van der Waals surface area (Å²) in [6, 6.07) is 5.25. The SMILES string of the molecule is O=[N+]([O-])c1cc(CNCCN2CCCC2)ccc1Br. The summed E-state index contributed by atoms with van der Waals surface area (Å²) in [6.45, 7) is 5.04. The van der Waals surface area contributed by atoms with Crippen LogP contribution in [-0.2, 0) is 6.54 Å². The Kier molecular flexibility index (Phi) is 5.30. The van der Waals surface area contributed by atoms with E-state index in [0.717, 1.165) is 18.7 Å². The zero-order valence-electron chi connectivity index (χ0n) is 10.8. The summed E-state index contributed by atoms with van der Waals surface area (Å²) in [7, 11) is 0. The zero-order valence-corrected chi connectivity index (χ0v) is 12.4. The fourth-order valence-corrected chi connectivity index (χ4v) is 2.68. The van der Waals surface area contributed by atoms with Crippen molar-refractivity contribution in [2.45, 2.75) is 19.4 Å². The molecule has 5 nitrogen and oxygen atoms in total. The summed E-state index contributed by atoms with van der Waals surface area (Å²) in [5, 5.41) is 14.2. The molecule has 1 aliphatic heterocycles.